The minimum atomic E-state index is -0.596. The standard InChI is InChI=1S/C10H12N2O2/c1-7-5-3-4-6-8(7)9(10(11)13)12-14-2/h3-6H,1-2H3,(H2,11,13)/b12-9+. The monoisotopic (exact) mass is 192 g/mol. The van der Waals surface area contributed by atoms with Gasteiger partial charge in [-0.15, -0.1) is 0 Å². The molecule has 0 aliphatic heterocycles. The number of primary amides is 1. The highest BCUT2D eigenvalue weighted by Crippen LogP contribution is 2.08. The van der Waals surface area contributed by atoms with Gasteiger partial charge in [-0.2, -0.15) is 0 Å². The Morgan fingerprint density at radius 3 is 2.57 bits per heavy atom. The number of aryl methyl sites for hydroxylation is 1. The molecule has 4 nitrogen and oxygen atoms in total. The molecule has 1 aromatic carbocycles. The summed E-state index contributed by atoms with van der Waals surface area (Å²) in [6.45, 7) is 1.88. The summed E-state index contributed by atoms with van der Waals surface area (Å²) in [6, 6.07) is 7.35. The lowest BCUT2D eigenvalue weighted by Crippen LogP contribution is -2.25. The molecule has 0 fully saturated rings. The second-order valence-electron chi connectivity index (χ2n) is 2.80. The summed E-state index contributed by atoms with van der Waals surface area (Å²) < 4.78 is 0. The molecule has 0 spiro atoms. The third kappa shape index (κ3) is 2.10. The number of carbonyl (C=O) groups is 1. The molecule has 4 heteroatoms. The number of hydrogen-bond acceptors (Lipinski definition) is 3. The van der Waals surface area contributed by atoms with Crippen LogP contribution in [0.3, 0.4) is 0 Å². The van der Waals surface area contributed by atoms with Crippen molar-refractivity contribution in [2.45, 2.75) is 6.92 Å². The SMILES string of the molecule is CO/N=C(/C(N)=O)c1ccccc1C. The Hall–Kier alpha value is -1.84. The van der Waals surface area contributed by atoms with E-state index in [1.807, 2.05) is 25.1 Å². The van der Waals surface area contributed by atoms with Gasteiger partial charge in [0.1, 0.15) is 7.11 Å². The summed E-state index contributed by atoms with van der Waals surface area (Å²) in [5.74, 6) is -0.596. The van der Waals surface area contributed by atoms with Gasteiger partial charge in [-0.25, -0.2) is 0 Å². The first kappa shape index (κ1) is 10.2. The van der Waals surface area contributed by atoms with Crippen molar-refractivity contribution in [3.63, 3.8) is 0 Å². The Morgan fingerprint density at radius 2 is 2.07 bits per heavy atom. The maximum absolute atomic E-state index is 11.1. The number of benzene rings is 1. The fourth-order valence-electron chi connectivity index (χ4n) is 1.16. The van der Waals surface area contributed by atoms with Gasteiger partial charge in [-0.05, 0) is 12.5 Å². The Morgan fingerprint density at radius 1 is 1.43 bits per heavy atom. The summed E-state index contributed by atoms with van der Waals surface area (Å²) >= 11 is 0. The van der Waals surface area contributed by atoms with Crippen LogP contribution in [0.5, 0.6) is 0 Å². The van der Waals surface area contributed by atoms with Crippen LogP contribution in [0, 0.1) is 6.92 Å². The van der Waals surface area contributed by atoms with Gasteiger partial charge in [-0.1, -0.05) is 29.4 Å². The van der Waals surface area contributed by atoms with E-state index in [1.54, 1.807) is 6.07 Å². The molecule has 0 radical (unpaired) electrons. The van der Waals surface area contributed by atoms with E-state index in [4.69, 9.17) is 5.73 Å². The zero-order chi connectivity index (χ0) is 10.6. The third-order valence-electron chi connectivity index (χ3n) is 1.82. The third-order valence-corrected chi connectivity index (χ3v) is 1.82. The van der Waals surface area contributed by atoms with Crippen LogP contribution < -0.4 is 5.73 Å². The van der Waals surface area contributed by atoms with E-state index in [2.05, 4.69) is 9.99 Å². The number of oxime groups is 1. The molecule has 74 valence electrons. The van der Waals surface area contributed by atoms with E-state index in [1.165, 1.54) is 7.11 Å². The highest BCUT2D eigenvalue weighted by atomic mass is 16.6. The van der Waals surface area contributed by atoms with Crippen LogP contribution in [0.15, 0.2) is 29.4 Å². The van der Waals surface area contributed by atoms with Crippen molar-refractivity contribution in [3.8, 4) is 0 Å². The summed E-state index contributed by atoms with van der Waals surface area (Å²) in [6.07, 6.45) is 0. The van der Waals surface area contributed by atoms with Crippen molar-refractivity contribution in [2.24, 2.45) is 10.9 Å². The highest BCUT2D eigenvalue weighted by molar-refractivity contribution is 6.45. The van der Waals surface area contributed by atoms with Gasteiger partial charge < -0.3 is 10.6 Å². The molecule has 1 amide bonds. The van der Waals surface area contributed by atoms with Crippen LogP contribution in [-0.2, 0) is 9.63 Å². The zero-order valence-corrected chi connectivity index (χ0v) is 8.15. The molecule has 0 bridgehead atoms. The van der Waals surface area contributed by atoms with Gasteiger partial charge in [0.2, 0.25) is 0 Å². The molecule has 0 unspecified atom stereocenters. The van der Waals surface area contributed by atoms with Gasteiger partial charge in [0.05, 0.1) is 0 Å². The van der Waals surface area contributed by atoms with Crippen molar-refractivity contribution >= 4 is 11.6 Å². The van der Waals surface area contributed by atoms with Crippen LogP contribution in [0.25, 0.3) is 0 Å². The van der Waals surface area contributed by atoms with E-state index in [-0.39, 0.29) is 5.71 Å². The zero-order valence-electron chi connectivity index (χ0n) is 8.15. The van der Waals surface area contributed by atoms with E-state index in [0.717, 1.165) is 5.56 Å². The Kier molecular flexibility index (Phi) is 3.23. The molecule has 0 aromatic heterocycles. The van der Waals surface area contributed by atoms with Crippen LogP contribution in [0.4, 0.5) is 0 Å². The molecule has 1 rings (SSSR count). The first-order valence-corrected chi connectivity index (χ1v) is 4.13. The minimum Gasteiger partial charge on any atom is -0.398 e. The predicted octanol–water partition coefficient (Wildman–Crippen LogP) is 0.831. The van der Waals surface area contributed by atoms with Gasteiger partial charge in [-0.3, -0.25) is 4.79 Å². The van der Waals surface area contributed by atoms with Crippen LogP contribution in [-0.4, -0.2) is 18.7 Å². The molecular weight excluding hydrogens is 180 g/mol. The molecule has 0 saturated carbocycles. The minimum absolute atomic E-state index is 0.144. The number of nitrogens with two attached hydrogens (primary N) is 1. The van der Waals surface area contributed by atoms with Crippen molar-refractivity contribution < 1.29 is 9.63 Å². The Balaban J connectivity index is 3.19. The number of hydrogen-bond donors (Lipinski definition) is 1. The van der Waals surface area contributed by atoms with Crippen LogP contribution in [0.2, 0.25) is 0 Å². The maximum atomic E-state index is 11.1. The molecular formula is C10H12N2O2. The van der Waals surface area contributed by atoms with E-state index in [0.29, 0.717) is 5.56 Å². The van der Waals surface area contributed by atoms with Crippen molar-refractivity contribution in [1.82, 2.24) is 0 Å². The lowest BCUT2D eigenvalue weighted by atomic mass is 10.0. The van der Waals surface area contributed by atoms with E-state index >= 15 is 0 Å². The van der Waals surface area contributed by atoms with Gasteiger partial charge in [0, 0.05) is 5.56 Å². The molecule has 0 heterocycles. The van der Waals surface area contributed by atoms with Gasteiger partial charge in [0.25, 0.3) is 5.91 Å². The molecule has 0 atom stereocenters. The second-order valence-corrected chi connectivity index (χ2v) is 2.80. The Labute approximate surface area is 82.4 Å². The average Bonchev–Trinajstić information content (AvgIpc) is 2.15. The summed E-state index contributed by atoms with van der Waals surface area (Å²) in [7, 11) is 1.38. The Bertz CT molecular complexity index is 372. The fourth-order valence-corrected chi connectivity index (χ4v) is 1.16. The van der Waals surface area contributed by atoms with Crippen molar-refractivity contribution in [2.75, 3.05) is 7.11 Å². The van der Waals surface area contributed by atoms with Crippen molar-refractivity contribution in [3.05, 3.63) is 35.4 Å². The lowest BCUT2D eigenvalue weighted by molar-refractivity contribution is -0.112. The molecule has 0 aliphatic rings. The largest absolute Gasteiger partial charge is 0.398 e. The molecule has 1 aromatic rings. The topological polar surface area (TPSA) is 64.7 Å². The summed E-state index contributed by atoms with van der Waals surface area (Å²) in [5, 5.41) is 3.60. The van der Waals surface area contributed by atoms with Gasteiger partial charge in [0.15, 0.2) is 5.71 Å². The summed E-state index contributed by atoms with van der Waals surface area (Å²) in [5.41, 5.74) is 6.95. The number of rotatable bonds is 3. The van der Waals surface area contributed by atoms with E-state index < -0.39 is 5.91 Å². The quantitative estimate of drug-likeness (QED) is 0.569. The lowest BCUT2D eigenvalue weighted by Gasteiger charge is -2.04. The first-order valence-electron chi connectivity index (χ1n) is 4.13. The molecule has 2 N–H and O–H groups in total. The van der Waals surface area contributed by atoms with E-state index in [9.17, 15) is 4.79 Å². The number of amides is 1. The predicted molar refractivity (Wildman–Crippen MR) is 53.9 cm³/mol. The normalized spacial score (nSPS) is 11.1. The van der Waals surface area contributed by atoms with Crippen LogP contribution >= 0.6 is 0 Å². The maximum Gasteiger partial charge on any atom is 0.271 e. The first-order chi connectivity index (χ1) is 6.66. The van der Waals surface area contributed by atoms with Gasteiger partial charge >= 0.3 is 0 Å². The average molecular weight is 192 g/mol. The number of carbonyl (C=O) groups excluding carboxylic acids is 1. The fraction of sp³-hybridized carbons (Fsp3) is 0.200. The van der Waals surface area contributed by atoms with Crippen molar-refractivity contribution in [1.29, 1.82) is 0 Å². The highest BCUT2D eigenvalue weighted by Gasteiger charge is 2.12. The summed E-state index contributed by atoms with van der Waals surface area (Å²) in [4.78, 5) is 15.6. The van der Waals surface area contributed by atoms with Crippen LogP contribution in [0.1, 0.15) is 11.1 Å². The molecule has 14 heavy (non-hydrogen) atoms. The second kappa shape index (κ2) is 4.41. The molecule has 0 aliphatic carbocycles. The molecule has 0 saturated heterocycles. The number of nitrogens with zero attached hydrogens (tertiary/aromatic N) is 1. The smallest absolute Gasteiger partial charge is 0.271 e.